The molecule has 2 aliphatic heterocycles. The van der Waals surface area contributed by atoms with Gasteiger partial charge in [-0.05, 0) is 50.1 Å². The second-order valence-corrected chi connectivity index (χ2v) is 10.2. The molecule has 0 N–H and O–H groups in total. The van der Waals surface area contributed by atoms with Gasteiger partial charge in [0.2, 0.25) is 13.3 Å². The largest absolute Gasteiger partial charge is 0.454 e. The fourth-order valence-corrected chi connectivity index (χ4v) is 5.33. The highest BCUT2D eigenvalue weighted by molar-refractivity contribution is 5.48. The monoisotopic (exact) mass is 495 g/mol. The summed E-state index contributed by atoms with van der Waals surface area (Å²) >= 11 is 0. The van der Waals surface area contributed by atoms with Crippen molar-refractivity contribution in [3.8, 4) is 17.6 Å². The summed E-state index contributed by atoms with van der Waals surface area (Å²) in [6.07, 6.45) is -0.426. The average Bonchev–Trinajstić information content (AvgIpc) is 3.32. The number of hydrogen-bond donors (Lipinski definition) is 0. The Morgan fingerprint density at radius 2 is 1.89 bits per heavy atom. The number of fused-ring (bicyclic) bond motifs is 1. The van der Waals surface area contributed by atoms with Crippen LogP contribution in [0.1, 0.15) is 44.9 Å². The minimum atomic E-state index is -1.38. The van der Waals surface area contributed by atoms with Crippen LogP contribution < -0.4 is 9.47 Å². The molecule has 2 heterocycles. The predicted octanol–water partition coefficient (Wildman–Crippen LogP) is 4.51. The van der Waals surface area contributed by atoms with Crippen molar-refractivity contribution >= 4 is 0 Å². The summed E-state index contributed by atoms with van der Waals surface area (Å²) < 4.78 is 23.6. The van der Waals surface area contributed by atoms with Crippen LogP contribution in [-0.2, 0) is 15.0 Å². The van der Waals surface area contributed by atoms with Crippen molar-refractivity contribution in [1.82, 2.24) is 4.90 Å². The van der Waals surface area contributed by atoms with Gasteiger partial charge >= 0.3 is 0 Å². The zero-order valence-corrected chi connectivity index (χ0v) is 21.3. The molecule has 0 bridgehead atoms. The number of nitriles is 1. The van der Waals surface area contributed by atoms with E-state index < -0.39 is 29.4 Å². The zero-order chi connectivity index (χ0) is 26.1. The van der Waals surface area contributed by atoms with Crippen LogP contribution in [0.3, 0.4) is 0 Å². The third-order valence-corrected chi connectivity index (χ3v) is 7.21. The fourth-order valence-electron chi connectivity index (χ4n) is 5.33. The molecule has 36 heavy (non-hydrogen) atoms. The first-order valence-corrected chi connectivity index (χ1v) is 12.1. The Morgan fingerprint density at radius 1 is 1.19 bits per heavy atom. The van der Waals surface area contributed by atoms with E-state index in [0.29, 0.717) is 17.1 Å². The van der Waals surface area contributed by atoms with E-state index in [0.717, 1.165) is 5.56 Å². The second kappa shape index (κ2) is 10.1. The number of rotatable bonds is 8. The van der Waals surface area contributed by atoms with Crippen molar-refractivity contribution in [2.24, 2.45) is 11.8 Å². The SMILES string of the molecule is CC(C)[C@@H](C[N+](=O)[O-])[C@](C#N)(c1ccc2c(c1)OCO2)N(C)[C@H]1COC(C)(C)O[C@H]1c1ccccc1. The highest BCUT2D eigenvalue weighted by Crippen LogP contribution is 2.47. The van der Waals surface area contributed by atoms with Gasteiger partial charge < -0.3 is 18.9 Å². The third kappa shape index (κ3) is 4.76. The fraction of sp³-hybridized carbons (Fsp3) is 0.519. The summed E-state index contributed by atoms with van der Waals surface area (Å²) in [4.78, 5) is 13.4. The molecule has 1 fully saturated rings. The van der Waals surface area contributed by atoms with Crippen LogP contribution in [0.4, 0.5) is 0 Å². The second-order valence-electron chi connectivity index (χ2n) is 10.2. The quantitative estimate of drug-likeness (QED) is 0.389. The molecular weight excluding hydrogens is 462 g/mol. The molecule has 4 rings (SSSR count). The first kappa shape index (κ1) is 25.9. The molecule has 0 amide bonds. The van der Waals surface area contributed by atoms with Crippen molar-refractivity contribution in [2.45, 2.75) is 51.2 Å². The molecule has 9 nitrogen and oxygen atoms in total. The molecular formula is C27H33N3O6. The van der Waals surface area contributed by atoms with Crippen LogP contribution in [0.5, 0.6) is 11.5 Å². The Labute approximate surface area is 211 Å². The minimum absolute atomic E-state index is 0.0894. The summed E-state index contributed by atoms with van der Waals surface area (Å²) in [5.41, 5.74) is 0.168. The molecule has 2 aromatic carbocycles. The summed E-state index contributed by atoms with van der Waals surface area (Å²) in [6, 6.07) is 17.2. The zero-order valence-electron chi connectivity index (χ0n) is 21.3. The van der Waals surface area contributed by atoms with E-state index in [4.69, 9.17) is 18.9 Å². The summed E-state index contributed by atoms with van der Waals surface area (Å²) in [6.45, 7) is 7.53. The van der Waals surface area contributed by atoms with Gasteiger partial charge in [-0.1, -0.05) is 50.2 Å². The maximum absolute atomic E-state index is 11.8. The van der Waals surface area contributed by atoms with Gasteiger partial charge in [0.25, 0.3) is 0 Å². The van der Waals surface area contributed by atoms with Crippen LogP contribution >= 0.6 is 0 Å². The average molecular weight is 496 g/mol. The van der Waals surface area contributed by atoms with E-state index in [2.05, 4.69) is 6.07 Å². The smallest absolute Gasteiger partial charge is 0.231 e. The lowest BCUT2D eigenvalue weighted by molar-refractivity contribution is -0.493. The van der Waals surface area contributed by atoms with E-state index in [-0.39, 0.29) is 30.8 Å². The van der Waals surface area contributed by atoms with E-state index in [1.54, 1.807) is 18.2 Å². The van der Waals surface area contributed by atoms with Crippen LogP contribution in [-0.4, -0.2) is 48.6 Å². The minimum Gasteiger partial charge on any atom is -0.454 e. The number of nitro groups is 1. The highest BCUT2D eigenvalue weighted by atomic mass is 16.7. The maximum atomic E-state index is 11.8. The topological polar surface area (TPSA) is 107 Å². The van der Waals surface area contributed by atoms with Gasteiger partial charge in [0.15, 0.2) is 17.3 Å². The Kier molecular flexibility index (Phi) is 7.23. The van der Waals surface area contributed by atoms with Crippen LogP contribution in [0, 0.1) is 33.3 Å². The van der Waals surface area contributed by atoms with Gasteiger partial charge in [0, 0.05) is 4.92 Å². The number of hydrogen-bond acceptors (Lipinski definition) is 8. The molecule has 0 spiro atoms. The number of likely N-dealkylation sites (N-methyl/N-ethyl adjacent to an activating group) is 1. The molecule has 4 atom stereocenters. The summed E-state index contributed by atoms with van der Waals surface area (Å²) in [5, 5.41) is 22.8. The number of benzene rings is 2. The van der Waals surface area contributed by atoms with Crippen LogP contribution in [0.25, 0.3) is 0 Å². The van der Waals surface area contributed by atoms with E-state index >= 15 is 0 Å². The summed E-state index contributed by atoms with van der Waals surface area (Å²) in [7, 11) is 1.83. The molecule has 2 aliphatic rings. The molecule has 0 saturated carbocycles. The van der Waals surface area contributed by atoms with Gasteiger partial charge in [-0.3, -0.25) is 15.0 Å². The van der Waals surface area contributed by atoms with Crippen LogP contribution in [0.2, 0.25) is 0 Å². The van der Waals surface area contributed by atoms with E-state index in [1.165, 1.54) is 0 Å². The molecule has 0 aliphatic carbocycles. The lowest BCUT2D eigenvalue weighted by atomic mass is 9.71. The number of ether oxygens (including phenoxy) is 4. The Bertz CT molecular complexity index is 1130. The molecule has 9 heteroatoms. The van der Waals surface area contributed by atoms with Gasteiger partial charge in [-0.15, -0.1) is 0 Å². The summed E-state index contributed by atoms with van der Waals surface area (Å²) in [5.74, 6) is -0.559. The van der Waals surface area contributed by atoms with E-state index in [1.807, 2.05) is 70.0 Å². The normalized spacial score (nSPS) is 23.2. The third-order valence-electron chi connectivity index (χ3n) is 7.21. The number of nitrogens with zero attached hydrogens (tertiary/aromatic N) is 3. The highest BCUT2D eigenvalue weighted by Gasteiger charge is 2.54. The first-order valence-electron chi connectivity index (χ1n) is 12.1. The van der Waals surface area contributed by atoms with Crippen molar-refractivity contribution in [3.63, 3.8) is 0 Å². The van der Waals surface area contributed by atoms with Gasteiger partial charge in [-0.25, -0.2) is 0 Å². The van der Waals surface area contributed by atoms with Gasteiger partial charge in [0.05, 0.1) is 24.6 Å². The van der Waals surface area contributed by atoms with Crippen molar-refractivity contribution in [2.75, 3.05) is 27.0 Å². The van der Waals surface area contributed by atoms with Crippen LogP contribution in [0.15, 0.2) is 48.5 Å². The standard InChI is InChI=1S/C27H33N3O6/c1-18(2)21(14-30(31)32)27(16-28,20-11-12-23-24(13-20)34-17-33-23)29(5)22-15-35-26(3,4)36-25(22)19-9-7-6-8-10-19/h6-13,18,21-22,25H,14-15,17H2,1-5H3/t21-,22+,25+,27+/m1/s1. The first-order chi connectivity index (χ1) is 17.1. The Hall–Kier alpha value is -3.19. The molecule has 1 saturated heterocycles. The molecule has 192 valence electrons. The Morgan fingerprint density at radius 3 is 2.53 bits per heavy atom. The predicted molar refractivity (Wildman–Crippen MR) is 132 cm³/mol. The molecule has 0 aromatic heterocycles. The van der Waals surface area contributed by atoms with Crippen molar-refractivity contribution in [3.05, 3.63) is 69.8 Å². The lowest BCUT2D eigenvalue weighted by Gasteiger charge is -2.51. The van der Waals surface area contributed by atoms with E-state index in [9.17, 15) is 15.4 Å². The molecule has 0 unspecified atom stereocenters. The van der Waals surface area contributed by atoms with Gasteiger partial charge in [0.1, 0.15) is 11.6 Å². The maximum Gasteiger partial charge on any atom is 0.231 e. The molecule has 2 aromatic rings. The van der Waals surface area contributed by atoms with Gasteiger partial charge in [-0.2, -0.15) is 5.26 Å². The van der Waals surface area contributed by atoms with Crippen molar-refractivity contribution in [1.29, 1.82) is 5.26 Å². The lowest BCUT2D eigenvalue weighted by Crippen LogP contribution is -2.61. The molecule has 0 radical (unpaired) electrons. The van der Waals surface area contributed by atoms with Crippen molar-refractivity contribution < 1.29 is 23.9 Å². The Balaban J connectivity index is 1.87.